The maximum atomic E-state index is 12.8. The standard InChI is InChI=1S/C12H12F3NO5/c1-11(10(19)20,12(13,14)15)16-9(18)6-3-4-8(21-2)7(17)5-6/h3-5,17H,1-2H3,(H,16,18)(H,19,20). The van der Waals surface area contributed by atoms with Crippen LogP contribution in [0.5, 0.6) is 11.5 Å². The smallest absolute Gasteiger partial charge is 0.422 e. The molecule has 0 spiro atoms. The van der Waals surface area contributed by atoms with Crippen molar-refractivity contribution < 1.29 is 37.7 Å². The molecule has 0 fully saturated rings. The number of benzene rings is 1. The number of phenols is 1. The first-order valence-electron chi connectivity index (χ1n) is 5.52. The van der Waals surface area contributed by atoms with Gasteiger partial charge in [-0.2, -0.15) is 13.2 Å². The van der Waals surface area contributed by atoms with Gasteiger partial charge in [0.15, 0.2) is 11.5 Å². The van der Waals surface area contributed by atoms with E-state index in [1.807, 2.05) is 0 Å². The van der Waals surface area contributed by atoms with Gasteiger partial charge in [-0.25, -0.2) is 4.79 Å². The predicted octanol–water partition coefficient (Wildman–Crippen LogP) is 1.54. The molecule has 0 aliphatic heterocycles. The first-order valence-corrected chi connectivity index (χ1v) is 5.52. The molecule has 0 aliphatic carbocycles. The topological polar surface area (TPSA) is 95.9 Å². The average Bonchev–Trinajstić information content (AvgIpc) is 2.36. The Morgan fingerprint density at radius 3 is 2.24 bits per heavy atom. The molecule has 0 saturated carbocycles. The zero-order valence-electron chi connectivity index (χ0n) is 11.0. The van der Waals surface area contributed by atoms with E-state index >= 15 is 0 Å². The first kappa shape index (κ1) is 16.6. The van der Waals surface area contributed by atoms with Crippen molar-refractivity contribution in [3.05, 3.63) is 23.8 Å². The molecule has 0 aromatic heterocycles. The van der Waals surface area contributed by atoms with E-state index in [1.54, 1.807) is 0 Å². The van der Waals surface area contributed by atoms with Gasteiger partial charge in [-0.3, -0.25) is 4.79 Å². The molecule has 0 bridgehead atoms. The third-order valence-corrected chi connectivity index (χ3v) is 2.80. The summed E-state index contributed by atoms with van der Waals surface area (Å²) in [5.74, 6) is -3.99. The van der Waals surface area contributed by atoms with E-state index in [2.05, 4.69) is 0 Å². The van der Waals surface area contributed by atoms with Gasteiger partial charge in [-0.05, 0) is 25.1 Å². The third-order valence-electron chi connectivity index (χ3n) is 2.80. The quantitative estimate of drug-likeness (QED) is 0.784. The fourth-order valence-corrected chi connectivity index (χ4v) is 1.38. The maximum absolute atomic E-state index is 12.8. The number of hydrogen-bond donors (Lipinski definition) is 3. The number of halogens is 3. The summed E-state index contributed by atoms with van der Waals surface area (Å²) in [5.41, 5.74) is -3.79. The lowest BCUT2D eigenvalue weighted by Crippen LogP contribution is -2.61. The Morgan fingerprint density at radius 1 is 1.29 bits per heavy atom. The lowest BCUT2D eigenvalue weighted by Gasteiger charge is -2.28. The van der Waals surface area contributed by atoms with E-state index in [1.165, 1.54) is 12.4 Å². The number of rotatable bonds is 4. The van der Waals surface area contributed by atoms with Crippen molar-refractivity contribution in [3.63, 3.8) is 0 Å². The number of nitrogens with one attached hydrogen (secondary N) is 1. The molecule has 6 nitrogen and oxygen atoms in total. The number of carbonyl (C=O) groups excluding carboxylic acids is 1. The summed E-state index contributed by atoms with van der Waals surface area (Å²) >= 11 is 0. The van der Waals surface area contributed by atoms with Crippen LogP contribution in [0.25, 0.3) is 0 Å². The van der Waals surface area contributed by atoms with Crippen LogP contribution in [-0.2, 0) is 4.79 Å². The number of methoxy groups -OCH3 is 1. The fraction of sp³-hybridized carbons (Fsp3) is 0.333. The van der Waals surface area contributed by atoms with E-state index in [-0.39, 0.29) is 11.3 Å². The summed E-state index contributed by atoms with van der Waals surface area (Å²) < 4.78 is 43.0. The molecule has 1 aromatic rings. The summed E-state index contributed by atoms with van der Waals surface area (Å²) in [4.78, 5) is 22.5. The molecule has 0 saturated heterocycles. The second kappa shape index (κ2) is 5.51. The molecular weight excluding hydrogens is 295 g/mol. The van der Waals surface area contributed by atoms with Crippen molar-refractivity contribution in [1.29, 1.82) is 0 Å². The molecule has 1 rings (SSSR count). The number of hydrogen-bond acceptors (Lipinski definition) is 4. The van der Waals surface area contributed by atoms with Crippen LogP contribution in [0.3, 0.4) is 0 Å². The third kappa shape index (κ3) is 3.18. The molecule has 1 amide bonds. The first-order chi connectivity index (χ1) is 9.52. The molecular formula is C12H12F3NO5. The van der Waals surface area contributed by atoms with Crippen molar-refractivity contribution in [2.75, 3.05) is 7.11 Å². The van der Waals surface area contributed by atoms with E-state index < -0.39 is 29.3 Å². The zero-order chi connectivity index (χ0) is 16.4. The second-order valence-electron chi connectivity index (χ2n) is 4.27. The van der Waals surface area contributed by atoms with Crippen molar-refractivity contribution >= 4 is 11.9 Å². The highest BCUT2D eigenvalue weighted by Crippen LogP contribution is 2.31. The van der Waals surface area contributed by atoms with E-state index in [0.29, 0.717) is 6.92 Å². The number of aliphatic carboxylic acids is 1. The van der Waals surface area contributed by atoms with Gasteiger partial charge < -0.3 is 20.3 Å². The Kier molecular flexibility index (Phi) is 4.35. The Hall–Kier alpha value is -2.45. The molecule has 0 aliphatic rings. The normalized spacial score (nSPS) is 14.1. The lowest BCUT2D eigenvalue weighted by atomic mass is 10.0. The Bertz CT molecular complexity index is 573. The number of phenolic OH excluding ortho intramolecular Hbond substituents is 1. The Balaban J connectivity index is 3.09. The van der Waals surface area contributed by atoms with Gasteiger partial charge in [0.2, 0.25) is 5.54 Å². The molecule has 0 radical (unpaired) electrons. The summed E-state index contributed by atoms with van der Waals surface area (Å²) in [6.45, 7) is 0.330. The van der Waals surface area contributed by atoms with Gasteiger partial charge in [0.1, 0.15) is 0 Å². The lowest BCUT2D eigenvalue weighted by molar-refractivity contribution is -0.203. The number of ether oxygens (including phenoxy) is 1. The van der Waals surface area contributed by atoms with Crippen LogP contribution in [0.2, 0.25) is 0 Å². The molecule has 0 heterocycles. The Labute approximate surface area is 117 Å². The maximum Gasteiger partial charge on any atom is 0.422 e. The van der Waals surface area contributed by atoms with Crippen molar-refractivity contribution in [1.82, 2.24) is 5.32 Å². The summed E-state index contributed by atoms with van der Waals surface area (Å²) in [6.07, 6.45) is -5.19. The number of aromatic hydroxyl groups is 1. The minimum absolute atomic E-state index is 0.0170. The molecule has 1 aromatic carbocycles. The highest BCUT2D eigenvalue weighted by molar-refractivity contribution is 5.98. The number of alkyl halides is 3. The van der Waals surface area contributed by atoms with Crippen molar-refractivity contribution in [3.8, 4) is 11.5 Å². The van der Waals surface area contributed by atoms with Gasteiger partial charge >= 0.3 is 12.1 Å². The van der Waals surface area contributed by atoms with Crippen molar-refractivity contribution in [2.24, 2.45) is 0 Å². The molecule has 3 N–H and O–H groups in total. The van der Waals surface area contributed by atoms with E-state index in [4.69, 9.17) is 9.84 Å². The van der Waals surface area contributed by atoms with Gasteiger partial charge in [-0.1, -0.05) is 0 Å². The highest BCUT2D eigenvalue weighted by atomic mass is 19.4. The monoisotopic (exact) mass is 307 g/mol. The molecule has 21 heavy (non-hydrogen) atoms. The van der Waals surface area contributed by atoms with Crippen molar-refractivity contribution in [2.45, 2.75) is 18.6 Å². The Morgan fingerprint density at radius 2 is 1.86 bits per heavy atom. The van der Waals surface area contributed by atoms with Gasteiger partial charge in [-0.15, -0.1) is 0 Å². The molecule has 116 valence electrons. The van der Waals surface area contributed by atoms with Crippen LogP contribution >= 0.6 is 0 Å². The number of carboxylic acids is 1. The largest absolute Gasteiger partial charge is 0.504 e. The van der Waals surface area contributed by atoms with Gasteiger partial charge in [0, 0.05) is 5.56 Å². The second-order valence-corrected chi connectivity index (χ2v) is 4.27. The van der Waals surface area contributed by atoms with Crippen LogP contribution in [-0.4, -0.2) is 40.9 Å². The van der Waals surface area contributed by atoms with Crippen LogP contribution in [0.4, 0.5) is 13.2 Å². The van der Waals surface area contributed by atoms with Crippen LogP contribution < -0.4 is 10.1 Å². The fourth-order valence-electron chi connectivity index (χ4n) is 1.38. The average molecular weight is 307 g/mol. The highest BCUT2D eigenvalue weighted by Gasteiger charge is 2.58. The molecule has 1 unspecified atom stereocenters. The van der Waals surface area contributed by atoms with Gasteiger partial charge in [0.05, 0.1) is 7.11 Å². The zero-order valence-corrected chi connectivity index (χ0v) is 11.0. The van der Waals surface area contributed by atoms with Crippen LogP contribution in [0, 0.1) is 0 Å². The van der Waals surface area contributed by atoms with Gasteiger partial charge in [0.25, 0.3) is 5.91 Å². The van der Waals surface area contributed by atoms with Crippen LogP contribution in [0.15, 0.2) is 18.2 Å². The molecule has 1 atom stereocenters. The van der Waals surface area contributed by atoms with E-state index in [9.17, 15) is 27.9 Å². The van der Waals surface area contributed by atoms with E-state index in [0.717, 1.165) is 18.2 Å². The number of carbonyl (C=O) groups is 2. The van der Waals surface area contributed by atoms with Crippen LogP contribution in [0.1, 0.15) is 17.3 Å². The summed E-state index contributed by atoms with van der Waals surface area (Å²) in [6, 6.07) is 3.12. The minimum Gasteiger partial charge on any atom is -0.504 e. The number of carboxylic acid groups (broad SMARTS) is 1. The number of amides is 1. The summed E-state index contributed by atoms with van der Waals surface area (Å²) in [5, 5.41) is 19.6. The minimum atomic E-state index is -5.19. The summed E-state index contributed by atoms with van der Waals surface area (Å²) in [7, 11) is 1.25. The SMILES string of the molecule is COc1ccc(C(=O)NC(C)(C(=O)O)C(F)(F)F)cc1O. The predicted molar refractivity (Wildman–Crippen MR) is 64.2 cm³/mol. The molecule has 9 heteroatoms.